The fourth-order valence-electron chi connectivity index (χ4n) is 4.95. The van der Waals surface area contributed by atoms with E-state index in [0.717, 1.165) is 50.5 Å². The maximum atomic E-state index is 15.0. The average Bonchev–Trinajstić information content (AvgIpc) is 2.91. The van der Waals surface area contributed by atoms with Gasteiger partial charge in [-0.1, -0.05) is 88.1 Å². The van der Waals surface area contributed by atoms with Crippen LogP contribution in [0.3, 0.4) is 0 Å². The Hall–Kier alpha value is -3.08. The van der Waals surface area contributed by atoms with Crippen molar-refractivity contribution in [3.8, 4) is 16.9 Å². The second-order valence-corrected chi connectivity index (χ2v) is 10.1. The van der Waals surface area contributed by atoms with E-state index >= 15 is 4.39 Å². The molecule has 4 rings (SSSR count). The summed E-state index contributed by atoms with van der Waals surface area (Å²) in [5.41, 5.74) is 2.06. The Morgan fingerprint density at radius 1 is 0.757 bits per heavy atom. The summed E-state index contributed by atoms with van der Waals surface area (Å²) in [6.07, 6.45) is 9.75. The summed E-state index contributed by atoms with van der Waals surface area (Å²) in [6, 6.07) is 13.1. The minimum absolute atomic E-state index is 0.0687. The topological polar surface area (TPSA) is 9.23 Å². The predicted octanol–water partition coefficient (Wildman–Crippen LogP) is 9.94. The van der Waals surface area contributed by atoms with Gasteiger partial charge in [0.05, 0.1) is 6.61 Å². The van der Waals surface area contributed by atoms with Crippen LogP contribution in [0.1, 0.15) is 81.4 Å². The van der Waals surface area contributed by atoms with Gasteiger partial charge in [0.25, 0.3) is 0 Å². The molecule has 0 heterocycles. The van der Waals surface area contributed by atoms with Gasteiger partial charge in [0.2, 0.25) is 5.82 Å². The third kappa shape index (κ3) is 6.44. The Labute approximate surface area is 217 Å². The highest BCUT2D eigenvalue weighted by Crippen LogP contribution is 2.38. The van der Waals surface area contributed by atoms with Gasteiger partial charge in [-0.2, -0.15) is 4.39 Å². The summed E-state index contributed by atoms with van der Waals surface area (Å²) in [5, 5.41) is 0. The number of ether oxygens (including phenoxy) is 1. The first-order chi connectivity index (χ1) is 17.9. The summed E-state index contributed by atoms with van der Waals surface area (Å²) < 4.78 is 64.2. The summed E-state index contributed by atoms with van der Waals surface area (Å²) in [6.45, 7) is 4.60. The van der Waals surface area contributed by atoms with E-state index in [9.17, 15) is 13.2 Å². The first-order valence-corrected chi connectivity index (χ1v) is 13.3. The Bertz CT molecular complexity index is 1220. The first kappa shape index (κ1) is 27.0. The number of hydrogen-bond donors (Lipinski definition) is 0. The van der Waals surface area contributed by atoms with Crippen LogP contribution < -0.4 is 4.74 Å². The molecule has 1 aliphatic carbocycles. The zero-order valence-corrected chi connectivity index (χ0v) is 21.5. The van der Waals surface area contributed by atoms with E-state index in [-0.39, 0.29) is 22.8 Å². The minimum atomic E-state index is -1.00. The van der Waals surface area contributed by atoms with Crippen molar-refractivity contribution < 1.29 is 22.3 Å². The Kier molecular flexibility index (Phi) is 9.07. The molecule has 0 bridgehead atoms. The summed E-state index contributed by atoms with van der Waals surface area (Å²) in [4.78, 5) is 0. The van der Waals surface area contributed by atoms with Gasteiger partial charge in [-0.25, -0.2) is 13.2 Å². The predicted molar refractivity (Wildman–Crippen MR) is 142 cm³/mol. The van der Waals surface area contributed by atoms with Crippen LogP contribution in [0.4, 0.5) is 17.6 Å². The molecule has 1 aliphatic rings. The molecule has 5 heteroatoms. The van der Waals surface area contributed by atoms with Crippen LogP contribution in [-0.4, -0.2) is 6.61 Å². The second kappa shape index (κ2) is 12.4. The molecule has 0 N–H and O–H groups in total. The van der Waals surface area contributed by atoms with E-state index in [1.165, 1.54) is 18.2 Å². The van der Waals surface area contributed by atoms with E-state index in [1.54, 1.807) is 42.5 Å². The lowest BCUT2D eigenvalue weighted by Crippen LogP contribution is -2.13. The van der Waals surface area contributed by atoms with Crippen LogP contribution >= 0.6 is 0 Å². The molecule has 0 unspecified atom stereocenters. The van der Waals surface area contributed by atoms with Crippen molar-refractivity contribution in [1.82, 2.24) is 0 Å². The monoisotopic (exact) mass is 510 g/mol. The number of unbranched alkanes of at least 4 members (excludes halogenated alkanes) is 2. The van der Waals surface area contributed by atoms with Crippen LogP contribution in [0.5, 0.6) is 5.75 Å². The molecule has 37 heavy (non-hydrogen) atoms. The quantitative estimate of drug-likeness (QED) is 0.158. The van der Waals surface area contributed by atoms with E-state index in [1.807, 2.05) is 0 Å². The number of hydrogen-bond acceptors (Lipinski definition) is 1. The molecule has 0 saturated heterocycles. The lowest BCUT2D eigenvalue weighted by molar-refractivity contribution is 0.286. The molecular formula is C32H34F4O. The molecule has 0 aromatic heterocycles. The van der Waals surface area contributed by atoms with Gasteiger partial charge in [-0.15, -0.1) is 0 Å². The lowest BCUT2D eigenvalue weighted by atomic mass is 9.79. The third-order valence-electron chi connectivity index (χ3n) is 7.33. The smallest absolute Gasteiger partial charge is 0.201 e. The van der Waals surface area contributed by atoms with Crippen molar-refractivity contribution in [3.63, 3.8) is 0 Å². The van der Waals surface area contributed by atoms with Crippen LogP contribution in [0.25, 0.3) is 23.3 Å². The lowest BCUT2D eigenvalue weighted by Gasteiger charge is -2.27. The third-order valence-corrected chi connectivity index (χ3v) is 7.33. The maximum absolute atomic E-state index is 15.0. The molecule has 1 nitrogen and oxygen atoms in total. The van der Waals surface area contributed by atoms with Crippen molar-refractivity contribution in [1.29, 1.82) is 0 Å². The van der Waals surface area contributed by atoms with Gasteiger partial charge in [0, 0.05) is 11.1 Å². The van der Waals surface area contributed by atoms with Gasteiger partial charge < -0.3 is 4.74 Å². The molecule has 0 amide bonds. The van der Waals surface area contributed by atoms with Crippen molar-refractivity contribution in [3.05, 3.63) is 88.5 Å². The highest BCUT2D eigenvalue weighted by atomic mass is 19.2. The summed E-state index contributed by atoms with van der Waals surface area (Å²) >= 11 is 0. The zero-order valence-electron chi connectivity index (χ0n) is 21.5. The van der Waals surface area contributed by atoms with Gasteiger partial charge in [0.1, 0.15) is 0 Å². The molecule has 1 fully saturated rings. The molecular weight excluding hydrogens is 476 g/mol. The fraction of sp³-hybridized carbons (Fsp3) is 0.375. The van der Waals surface area contributed by atoms with Crippen molar-refractivity contribution in [2.45, 2.75) is 64.7 Å². The molecule has 3 aromatic rings. The first-order valence-electron chi connectivity index (χ1n) is 13.3. The number of halogens is 4. The molecule has 1 saturated carbocycles. The molecule has 0 aliphatic heterocycles. The highest BCUT2D eigenvalue weighted by Gasteiger charge is 2.25. The normalized spacial score (nSPS) is 17.9. The largest absolute Gasteiger partial charge is 0.490 e. The molecule has 0 spiro atoms. The van der Waals surface area contributed by atoms with Gasteiger partial charge in [-0.3, -0.25) is 0 Å². The van der Waals surface area contributed by atoms with Crippen molar-refractivity contribution in [2.75, 3.05) is 6.61 Å². The molecule has 0 radical (unpaired) electrons. The average molecular weight is 511 g/mol. The van der Waals surface area contributed by atoms with E-state index in [4.69, 9.17) is 4.74 Å². The highest BCUT2D eigenvalue weighted by molar-refractivity contribution is 5.73. The van der Waals surface area contributed by atoms with E-state index < -0.39 is 23.3 Å². The Morgan fingerprint density at radius 3 is 2.19 bits per heavy atom. The molecule has 3 aromatic carbocycles. The molecule has 196 valence electrons. The Balaban J connectivity index is 1.45. The SMILES string of the molecule is CCCCCOc1ccc(/C=C/c2ccc(-c3ccc(C4CCC(C)CC4)c(F)c3F)cc2)c(F)c1F. The Morgan fingerprint density at radius 2 is 1.49 bits per heavy atom. The van der Waals surface area contributed by atoms with Crippen LogP contribution in [0.15, 0.2) is 48.5 Å². The fourth-order valence-corrected chi connectivity index (χ4v) is 4.95. The zero-order chi connectivity index (χ0) is 26.4. The number of benzene rings is 3. The second-order valence-electron chi connectivity index (χ2n) is 10.1. The van der Waals surface area contributed by atoms with E-state index in [0.29, 0.717) is 23.7 Å². The molecule has 0 atom stereocenters. The standard InChI is InChI=1S/C32H34F4O/c1-3-4-5-20-37-28-19-16-25(29(33)32(28)36)15-10-22-8-13-24(14-9-22)27-18-17-26(30(34)31(27)35)23-11-6-21(2)7-12-23/h8-10,13-19,21,23H,3-7,11-12,20H2,1-2H3/b15-10+. The van der Waals surface area contributed by atoms with Crippen LogP contribution in [0, 0.1) is 29.2 Å². The number of rotatable bonds is 9. The van der Waals surface area contributed by atoms with Crippen LogP contribution in [0.2, 0.25) is 0 Å². The van der Waals surface area contributed by atoms with Crippen molar-refractivity contribution in [2.24, 2.45) is 5.92 Å². The minimum Gasteiger partial charge on any atom is -0.490 e. The summed E-state index contributed by atoms with van der Waals surface area (Å²) in [5.74, 6) is -2.93. The van der Waals surface area contributed by atoms with Gasteiger partial charge >= 0.3 is 0 Å². The van der Waals surface area contributed by atoms with E-state index in [2.05, 4.69) is 13.8 Å². The summed E-state index contributed by atoms with van der Waals surface area (Å²) in [7, 11) is 0. The maximum Gasteiger partial charge on any atom is 0.201 e. The van der Waals surface area contributed by atoms with Gasteiger partial charge in [0.15, 0.2) is 23.2 Å². The van der Waals surface area contributed by atoms with Crippen molar-refractivity contribution >= 4 is 12.2 Å². The van der Waals surface area contributed by atoms with Crippen LogP contribution in [-0.2, 0) is 0 Å². The van der Waals surface area contributed by atoms with Gasteiger partial charge in [-0.05, 0) is 59.9 Å².